The van der Waals surface area contributed by atoms with Gasteiger partial charge in [0.15, 0.2) is 11.5 Å². The molecule has 0 radical (unpaired) electrons. The number of ether oxygens (including phenoxy) is 1. The van der Waals surface area contributed by atoms with E-state index < -0.39 is 16.6 Å². The fourth-order valence-corrected chi connectivity index (χ4v) is 2.58. The standard InChI is InChI=1S/C19H29NO4S/c1-4-5-6-7-8-9-12-20-17(23)11-10-14(21)16-13-15(22)18(25)19(2,3)24-16/h10-11,13,18,25H,4-9,12H2,1-3H3,(H,20,23). The van der Waals surface area contributed by atoms with Crippen molar-refractivity contribution in [3.63, 3.8) is 0 Å². The Morgan fingerprint density at radius 2 is 1.84 bits per heavy atom. The predicted octanol–water partition coefficient (Wildman–Crippen LogP) is 3.15. The minimum Gasteiger partial charge on any atom is -0.482 e. The summed E-state index contributed by atoms with van der Waals surface area (Å²) in [5, 5.41) is 2.13. The van der Waals surface area contributed by atoms with Gasteiger partial charge >= 0.3 is 0 Å². The highest BCUT2D eigenvalue weighted by Crippen LogP contribution is 2.29. The molecule has 0 aromatic heterocycles. The van der Waals surface area contributed by atoms with Crippen LogP contribution in [0.1, 0.15) is 59.3 Å². The van der Waals surface area contributed by atoms with Gasteiger partial charge in [0, 0.05) is 18.7 Å². The second kappa shape index (κ2) is 10.4. The molecule has 0 aromatic carbocycles. The van der Waals surface area contributed by atoms with Crippen LogP contribution in [0.2, 0.25) is 0 Å². The van der Waals surface area contributed by atoms with Crippen LogP contribution < -0.4 is 5.32 Å². The zero-order valence-electron chi connectivity index (χ0n) is 15.3. The molecule has 1 rings (SSSR count). The molecule has 25 heavy (non-hydrogen) atoms. The molecule has 0 fully saturated rings. The average Bonchev–Trinajstić information content (AvgIpc) is 2.56. The summed E-state index contributed by atoms with van der Waals surface area (Å²) >= 11 is 4.19. The number of carbonyl (C=O) groups excluding carboxylic acids is 3. The number of ketones is 2. The molecule has 0 spiro atoms. The van der Waals surface area contributed by atoms with Gasteiger partial charge in [0.2, 0.25) is 11.7 Å². The topological polar surface area (TPSA) is 72.5 Å². The maximum atomic E-state index is 12.1. The molecule has 0 saturated carbocycles. The summed E-state index contributed by atoms with van der Waals surface area (Å²) in [6, 6.07) is 0. The highest BCUT2D eigenvalue weighted by Gasteiger charge is 2.39. The van der Waals surface area contributed by atoms with Crippen LogP contribution in [0.25, 0.3) is 0 Å². The second-order valence-electron chi connectivity index (χ2n) is 6.78. The first-order valence-corrected chi connectivity index (χ1v) is 9.42. The molecule has 0 aliphatic carbocycles. The third kappa shape index (κ3) is 7.46. The molecule has 1 unspecified atom stereocenters. The van der Waals surface area contributed by atoms with E-state index in [-0.39, 0.29) is 17.4 Å². The molecule has 6 heteroatoms. The van der Waals surface area contributed by atoms with E-state index in [9.17, 15) is 14.4 Å². The van der Waals surface area contributed by atoms with E-state index in [0.29, 0.717) is 6.54 Å². The maximum Gasteiger partial charge on any atom is 0.244 e. The number of hydrogen-bond acceptors (Lipinski definition) is 5. The van der Waals surface area contributed by atoms with Crippen molar-refractivity contribution >= 4 is 30.1 Å². The zero-order chi connectivity index (χ0) is 18.9. The van der Waals surface area contributed by atoms with Crippen LogP contribution in [0, 0.1) is 0 Å². The fourth-order valence-electron chi connectivity index (χ4n) is 2.45. The van der Waals surface area contributed by atoms with Gasteiger partial charge in [-0.05, 0) is 26.3 Å². The Hall–Kier alpha value is -1.56. The van der Waals surface area contributed by atoms with Crippen molar-refractivity contribution in [3.8, 4) is 0 Å². The lowest BCUT2D eigenvalue weighted by Crippen LogP contribution is -2.44. The molecule has 1 N–H and O–H groups in total. The molecule has 1 aliphatic heterocycles. The van der Waals surface area contributed by atoms with E-state index in [2.05, 4.69) is 24.9 Å². The van der Waals surface area contributed by atoms with Crippen LogP contribution in [0.15, 0.2) is 24.0 Å². The molecule has 0 aromatic rings. The molecular weight excluding hydrogens is 338 g/mol. The highest BCUT2D eigenvalue weighted by molar-refractivity contribution is 7.82. The molecular formula is C19H29NO4S. The van der Waals surface area contributed by atoms with Crippen molar-refractivity contribution in [2.24, 2.45) is 0 Å². The smallest absolute Gasteiger partial charge is 0.244 e. The van der Waals surface area contributed by atoms with E-state index in [4.69, 9.17) is 4.74 Å². The number of rotatable bonds is 10. The van der Waals surface area contributed by atoms with E-state index >= 15 is 0 Å². The van der Waals surface area contributed by atoms with E-state index in [1.165, 1.54) is 31.8 Å². The van der Waals surface area contributed by atoms with Gasteiger partial charge in [-0.1, -0.05) is 39.0 Å². The number of hydrogen-bond donors (Lipinski definition) is 2. The molecule has 1 aliphatic rings. The molecule has 0 bridgehead atoms. The van der Waals surface area contributed by atoms with E-state index in [1.807, 2.05) is 0 Å². The predicted molar refractivity (Wildman–Crippen MR) is 102 cm³/mol. The first-order valence-electron chi connectivity index (χ1n) is 8.90. The lowest BCUT2D eigenvalue weighted by Gasteiger charge is -2.34. The fraction of sp³-hybridized carbons (Fsp3) is 0.632. The molecule has 1 amide bonds. The Morgan fingerprint density at radius 3 is 2.48 bits per heavy atom. The van der Waals surface area contributed by atoms with Crippen molar-refractivity contribution in [1.29, 1.82) is 0 Å². The summed E-state index contributed by atoms with van der Waals surface area (Å²) in [5.74, 6) is -1.16. The van der Waals surface area contributed by atoms with Crippen LogP contribution in [-0.4, -0.2) is 34.9 Å². The van der Waals surface area contributed by atoms with Crippen molar-refractivity contribution in [1.82, 2.24) is 5.32 Å². The molecule has 1 heterocycles. The maximum absolute atomic E-state index is 12.1. The number of allylic oxidation sites excluding steroid dienone is 2. The summed E-state index contributed by atoms with van der Waals surface area (Å²) < 4.78 is 5.53. The molecule has 140 valence electrons. The number of thiol groups is 1. The molecule has 1 atom stereocenters. The Labute approximate surface area is 155 Å². The largest absolute Gasteiger partial charge is 0.482 e. The Kier molecular flexibility index (Phi) is 8.97. The van der Waals surface area contributed by atoms with Gasteiger partial charge in [-0.25, -0.2) is 0 Å². The lowest BCUT2D eigenvalue weighted by molar-refractivity contribution is -0.126. The summed E-state index contributed by atoms with van der Waals surface area (Å²) in [4.78, 5) is 35.6. The number of amides is 1. The van der Waals surface area contributed by atoms with Crippen molar-refractivity contribution in [2.45, 2.75) is 70.1 Å². The minimum absolute atomic E-state index is 0.0553. The molecule has 5 nitrogen and oxygen atoms in total. The number of carbonyl (C=O) groups is 3. The first kappa shape index (κ1) is 21.5. The van der Waals surface area contributed by atoms with Crippen LogP contribution in [0.3, 0.4) is 0 Å². The Morgan fingerprint density at radius 1 is 1.20 bits per heavy atom. The summed E-state index contributed by atoms with van der Waals surface area (Å²) in [7, 11) is 0. The monoisotopic (exact) mass is 367 g/mol. The highest BCUT2D eigenvalue weighted by atomic mass is 32.1. The Balaban J connectivity index is 2.37. The van der Waals surface area contributed by atoms with Crippen LogP contribution >= 0.6 is 12.6 Å². The van der Waals surface area contributed by atoms with Gasteiger partial charge in [-0.3, -0.25) is 14.4 Å². The van der Waals surface area contributed by atoms with Crippen LogP contribution in [0.5, 0.6) is 0 Å². The van der Waals surface area contributed by atoms with Gasteiger partial charge in [0.1, 0.15) is 10.9 Å². The van der Waals surface area contributed by atoms with Crippen molar-refractivity contribution in [3.05, 3.63) is 24.0 Å². The van der Waals surface area contributed by atoms with E-state index in [0.717, 1.165) is 25.0 Å². The lowest BCUT2D eigenvalue weighted by atomic mass is 9.97. The Bertz CT molecular complexity index is 552. The van der Waals surface area contributed by atoms with Crippen molar-refractivity contribution in [2.75, 3.05) is 6.54 Å². The first-order chi connectivity index (χ1) is 11.8. The summed E-state index contributed by atoms with van der Waals surface area (Å²) in [5.41, 5.74) is -0.867. The third-order valence-electron chi connectivity index (χ3n) is 4.03. The summed E-state index contributed by atoms with van der Waals surface area (Å²) in [6.07, 6.45) is 10.3. The van der Waals surface area contributed by atoms with Gasteiger partial charge in [0.25, 0.3) is 0 Å². The number of nitrogens with one attached hydrogen (secondary N) is 1. The van der Waals surface area contributed by atoms with Crippen molar-refractivity contribution < 1.29 is 19.1 Å². The van der Waals surface area contributed by atoms with E-state index in [1.54, 1.807) is 13.8 Å². The molecule has 0 saturated heterocycles. The van der Waals surface area contributed by atoms with Gasteiger partial charge in [-0.15, -0.1) is 0 Å². The minimum atomic E-state index is -0.867. The normalized spacial score (nSPS) is 19.4. The van der Waals surface area contributed by atoms with Crippen LogP contribution in [0.4, 0.5) is 0 Å². The zero-order valence-corrected chi connectivity index (χ0v) is 16.2. The quantitative estimate of drug-likeness (QED) is 0.353. The third-order valence-corrected chi connectivity index (χ3v) is 4.91. The average molecular weight is 368 g/mol. The van der Waals surface area contributed by atoms with Gasteiger partial charge in [-0.2, -0.15) is 12.6 Å². The SMILES string of the molecule is CCCCCCCCNC(=O)C=CC(=O)C1=CC(=O)C(S)C(C)(C)O1. The van der Waals surface area contributed by atoms with Crippen LogP contribution in [-0.2, 0) is 19.1 Å². The van der Waals surface area contributed by atoms with Gasteiger partial charge < -0.3 is 10.1 Å². The second-order valence-corrected chi connectivity index (χ2v) is 7.29. The summed E-state index contributed by atoms with van der Waals surface area (Å²) in [6.45, 7) is 6.16. The van der Waals surface area contributed by atoms with Gasteiger partial charge in [0.05, 0.1) is 0 Å². The number of unbranched alkanes of at least 4 members (excludes halogenated alkanes) is 5.